The predicted molar refractivity (Wildman–Crippen MR) is 80.6 cm³/mol. The van der Waals surface area contributed by atoms with Crippen LogP contribution in [0.2, 0.25) is 0 Å². The lowest BCUT2D eigenvalue weighted by atomic mass is 9.96. The van der Waals surface area contributed by atoms with Gasteiger partial charge < -0.3 is 15.5 Å². The smallest absolute Gasteiger partial charge is 0.122 e. The Bertz CT molecular complexity index is 564. The van der Waals surface area contributed by atoms with Gasteiger partial charge in [0.15, 0.2) is 0 Å². The first-order chi connectivity index (χ1) is 9.50. The van der Waals surface area contributed by atoms with E-state index >= 15 is 0 Å². The molecule has 0 spiro atoms. The van der Waals surface area contributed by atoms with Gasteiger partial charge in [0.2, 0.25) is 0 Å². The van der Waals surface area contributed by atoms with Gasteiger partial charge in [-0.25, -0.2) is 0 Å². The van der Waals surface area contributed by atoms with Crippen LogP contribution in [0.15, 0.2) is 48.5 Å². The Morgan fingerprint density at radius 2 is 1.75 bits per heavy atom. The van der Waals surface area contributed by atoms with E-state index in [0.717, 1.165) is 16.7 Å². The zero-order chi connectivity index (χ0) is 14.6. The third kappa shape index (κ3) is 3.38. The fourth-order valence-electron chi connectivity index (χ4n) is 2.20. The number of hydrogen-bond acceptors (Lipinski definition) is 3. The normalized spacial score (nSPS) is 13.9. The van der Waals surface area contributed by atoms with E-state index in [9.17, 15) is 10.2 Å². The molecule has 2 rings (SSSR count). The van der Waals surface area contributed by atoms with Crippen LogP contribution < -0.4 is 5.32 Å². The third-order valence-corrected chi connectivity index (χ3v) is 3.50. The van der Waals surface area contributed by atoms with E-state index in [0.29, 0.717) is 18.8 Å². The molecule has 0 aliphatic heterocycles. The van der Waals surface area contributed by atoms with Crippen molar-refractivity contribution in [2.75, 3.05) is 6.54 Å². The number of hydrogen-bond donors (Lipinski definition) is 3. The summed E-state index contributed by atoms with van der Waals surface area (Å²) in [5.41, 5.74) is 1.65. The Labute approximate surface area is 119 Å². The Hall–Kier alpha value is -1.84. The van der Waals surface area contributed by atoms with Crippen molar-refractivity contribution in [1.29, 1.82) is 0 Å². The molecule has 0 aliphatic carbocycles. The van der Waals surface area contributed by atoms with E-state index in [-0.39, 0.29) is 0 Å². The third-order valence-electron chi connectivity index (χ3n) is 3.50. The maximum atomic E-state index is 10.5. The molecule has 1 unspecified atom stereocenters. The molecular weight excluding hydrogens is 250 g/mol. The lowest BCUT2D eigenvalue weighted by molar-refractivity contribution is 0.0566. The summed E-state index contributed by atoms with van der Waals surface area (Å²) >= 11 is 0. The predicted octanol–water partition coefficient (Wildman–Crippen LogP) is 2.70. The summed E-state index contributed by atoms with van der Waals surface area (Å²) in [6, 6.07) is 15.2. The summed E-state index contributed by atoms with van der Waals surface area (Å²) in [7, 11) is 0. The molecule has 0 radical (unpaired) electrons. The molecule has 20 heavy (non-hydrogen) atoms. The van der Waals surface area contributed by atoms with Crippen LogP contribution in [0.5, 0.6) is 5.75 Å². The van der Waals surface area contributed by atoms with Gasteiger partial charge in [-0.1, -0.05) is 48.5 Å². The van der Waals surface area contributed by atoms with Gasteiger partial charge in [0.1, 0.15) is 5.75 Å². The second kappa shape index (κ2) is 6.07. The highest BCUT2D eigenvalue weighted by atomic mass is 16.3. The molecule has 0 amide bonds. The molecule has 106 valence electrons. The Balaban J connectivity index is 1.97. The zero-order valence-corrected chi connectivity index (χ0v) is 11.9. The van der Waals surface area contributed by atoms with Crippen molar-refractivity contribution in [3.05, 3.63) is 65.2 Å². The molecule has 0 aromatic heterocycles. The number of aryl methyl sites for hydroxylation is 1. The quantitative estimate of drug-likeness (QED) is 0.783. The molecule has 0 saturated heterocycles. The maximum Gasteiger partial charge on any atom is 0.122 e. The lowest BCUT2D eigenvalue weighted by Crippen LogP contribution is -2.35. The number of nitrogens with one attached hydrogen (secondary N) is 1. The average molecular weight is 271 g/mol. The lowest BCUT2D eigenvalue weighted by Gasteiger charge is -2.24. The summed E-state index contributed by atoms with van der Waals surface area (Å²) < 4.78 is 0. The largest absolute Gasteiger partial charge is 0.507 e. The van der Waals surface area contributed by atoms with Gasteiger partial charge in [-0.15, -0.1) is 0 Å². The molecule has 2 aromatic rings. The monoisotopic (exact) mass is 271 g/mol. The zero-order valence-electron chi connectivity index (χ0n) is 11.9. The number of phenols is 1. The Morgan fingerprint density at radius 1 is 1.05 bits per heavy atom. The van der Waals surface area contributed by atoms with Gasteiger partial charge in [-0.05, 0) is 25.0 Å². The van der Waals surface area contributed by atoms with E-state index in [1.54, 1.807) is 6.92 Å². The van der Waals surface area contributed by atoms with Crippen molar-refractivity contribution in [3.8, 4) is 5.75 Å². The highest BCUT2D eigenvalue weighted by Gasteiger charge is 2.22. The van der Waals surface area contributed by atoms with Crippen LogP contribution in [0.4, 0.5) is 0 Å². The second-order valence-electron chi connectivity index (χ2n) is 5.33. The standard InChI is InChI=1S/C17H21NO2/c1-13-7-6-8-14(16(13)19)11-18-12-17(2,20)15-9-4-3-5-10-15/h3-10,18-20H,11-12H2,1-2H3. The van der Waals surface area contributed by atoms with Crippen LogP contribution in [0.1, 0.15) is 23.6 Å². The van der Waals surface area contributed by atoms with Crippen LogP contribution in [-0.4, -0.2) is 16.8 Å². The summed E-state index contributed by atoms with van der Waals surface area (Å²) in [4.78, 5) is 0. The van der Waals surface area contributed by atoms with Crippen molar-refractivity contribution in [1.82, 2.24) is 5.32 Å². The van der Waals surface area contributed by atoms with Crippen LogP contribution in [-0.2, 0) is 12.1 Å². The van der Waals surface area contributed by atoms with Crippen molar-refractivity contribution < 1.29 is 10.2 Å². The summed E-state index contributed by atoms with van der Waals surface area (Å²) in [5.74, 6) is 0.319. The fourth-order valence-corrected chi connectivity index (χ4v) is 2.20. The molecule has 3 N–H and O–H groups in total. The topological polar surface area (TPSA) is 52.5 Å². The van der Waals surface area contributed by atoms with Gasteiger partial charge in [0, 0.05) is 18.7 Å². The highest BCUT2D eigenvalue weighted by Crippen LogP contribution is 2.22. The first kappa shape index (κ1) is 14.6. The van der Waals surface area contributed by atoms with E-state index in [1.165, 1.54) is 0 Å². The molecule has 2 aromatic carbocycles. The van der Waals surface area contributed by atoms with E-state index in [1.807, 2.05) is 55.5 Å². The van der Waals surface area contributed by atoms with Gasteiger partial charge in [-0.3, -0.25) is 0 Å². The van der Waals surface area contributed by atoms with Gasteiger partial charge in [-0.2, -0.15) is 0 Å². The van der Waals surface area contributed by atoms with Crippen LogP contribution in [0.25, 0.3) is 0 Å². The minimum atomic E-state index is -0.930. The summed E-state index contributed by atoms with van der Waals surface area (Å²) in [6.07, 6.45) is 0. The molecule has 0 saturated carbocycles. The number of aliphatic hydroxyl groups is 1. The van der Waals surface area contributed by atoms with Crippen LogP contribution >= 0.6 is 0 Å². The van der Waals surface area contributed by atoms with Gasteiger partial charge in [0.25, 0.3) is 0 Å². The molecule has 0 heterocycles. The van der Waals surface area contributed by atoms with Gasteiger partial charge >= 0.3 is 0 Å². The Kier molecular flexibility index (Phi) is 4.42. The minimum Gasteiger partial charge on any atom is -0.507 e. The van der Waals surface area contributed by atoms with E-state index in [2.05, 4.69) is 5.32 Å². The van der Waals surface area contributed by atoms with E-state index < -0.39 is 5.60 Å². The van der Waals surface area contributed by atoms with Crippen molar-refractivity contribution in [2.45, 2.75) is 26.0 Å². The van der Waals surface area contributed by atoms with Gasteiger partial charge in [0.05, 0.1) is 5.60 Å². The molecule has 3 heteroatoms. The molecule has 0 fully saturated rings. The SMILES string of the molecule is Cc1cccc(CNCC(C)(O)c2ccccc2)c1O. The van der Waals surface area contributed by atoms with Crippen LogP contribution in [0, 0.1) is 6.92 Å². The number of aromatic hydroxyl groups is 1. The Morgan fingerprint density at radius 3 is 2.45 bits per heavy atom. The number of rotatable bonds is 5. The molecule has 1 atom stereocenters. The molecule has 0 bridgehead atoms. The molecule has 0 aliphatic rings. The average Bonchev–Trinajstić information content (AvgIpc) is 2.44. The molecule has 3 nitrogen and oxygen atoms in total. The second-order valence-corrected chi connectivity index (χ2v) is 5.33. The minimum absolute atomic E-state index is 0.319. The first-order valence-electron chi connectivity index (χ1n) is 6.77. The van der Waals surface area contributed by atoms with Crippen molar-refractivity contribution >= 4 is 0 Å². The van der Waals surface area contributed by atoms with Crippen molar-refractivity contribution in [3.63, 3.8) is 0 Å². The van der Waals surface area contributed by atoms with Crippen molar-refractivity contribution in [2.24, 2.45) is 0 Å². The summed E-state index contributed by atoms with van der Waals surface area (Å²) in [5, 5.41) is 23.6. The first-order valence-corrected chi connectivity index (χ1v) is 6.77. The fraction of sp³-hybridized carbons (Fsp3) is 0.294. The highest BCUT2D eigenvalue weighted by molar-refractivity contribution is 5.39. The number of phenolic OH excluding ortho intramolecular Hbond substituents is 1. The molecular formula is C17H21NO2. The van der Waals surface area contributed by atoms with Crippen LogP contribution in [0.3, 0.4) is 0 Å². The maximum absolute atomic E-state index is 10.5. The van der Waals surface area contributed by atoms with E-state index in [4.69, 9.17) is 0 Å². The number of para-hydroxylation sites is 1. The summed E-state index contributed by atoms with van der Waals surface area (Å²) in [6.45, 7) is 4.60. The number of benzene rings is 2.